The van der Waals surface area contributed by atoms with Gasteiger partial charge in [-0.1, -0.05) is 24.7 Å². The summed E-state index contributed by atoms with van der Waals surface area (Å²) in [6, 6.07) is 5.54. The molecule has 0 saturated heterocycles. The van der Waals surface area contributed by atoms with Crippen LogP contribution in [-0.2, 0) is 9.59 Å². The molecule has 5 nitrogen and oxygen atoms in total. The summed E-state index contributed by atoms with van der Waals surface area (Å²) >= 11 is 1.39. The number of hydrogen-bond donors (Lipinski definition) is 2. The van der Waals surface area contributed by atoms with Gasteiger partial charge in [-0.15, -0.1) is 0 Å². The first-order chi connectivity index (χ1) is 9.58. The highest BCUT2D eigenvalue weighted by molar-refractivity contribution is 7.22. The van der Waals surface area contributed by atoms with Gasteiger partial charge in [0.2, 0.25) is 11.8 Å². The summed E-state index contributed by atoms with van der Waals surface area (Å²) in [4.78, 5) is 27.0. The highest BCUT2D eigenvalue weighted by Crippen LogP contribution is 2.28. The first-order valence-electron chi connectivity index (χ1n) is 6.56. The van der Waals surface area contributed by atoms with E-state index in [2.05, 4.69) is 22.5 Å². The number of fused-ring (bicyclic) bond motifs is 1. The van der Waals surface area contributed by atoms with E-state index in [0.29, 0.717) is 11.6 Å². The van der Waals surface area contributed by atoms with Crippen molar-refractivity contribution in [1.82, 2.24) is 4.98 Å². The third kappa shape index (κ3) is 3.77. The summed E-state index contributed by atoms with van der Waals surface area (Å²) in [5.74, 6) is -0.116. The molecule has 0 bridgehead atoms. The van der Waals surface area contributed by atoms with Crippen molar-refractivity contribution >= 4 is 44.2 Å². The Labute approximate surface area is 121 Å². The van der Waals surface area contributed by atoms with E-state index in [9.17, 15) is 9.59 Å². The Bertz CT molecular complexity index is 636. The van der Waals surface area contributed by atoms with E-state index in [-0.39, 0.29) is 11.8 Å². The van der Waals surface area contributed by atoms with Gasteiger partial charge in [0.15, 0.2) is 5.13 Å². The topological polar surface area (TPSA) is 71.1 Å². The molecule has 2 N–H and O–H groups in total. The van der Waals surface area contributed by atoms with Gasteiger partial charge in [-0.05, 0) is 24.6 Å². The molecule has 0 aliphatic carbocycles. The fraction of sp³-hybridized carbons (Fsp3) is 0.357. The molecule has 0 radical (unpaired) electrons. The largest absolute Gasteiger partial charge is 0.326 e. The zero-order valence-corrected chi connectivity index (χ0v) is 12.3. The minimum absolute atomic E-state index is 0.0257. The normalized spacial score (nSPS) is 10.5. The van der Waals surface area contributed by atoms with Gasteiger partial charge >= 0.3 is 0 Å². The number of unbranched alkanes of at least 4 members (excludes halogenated alkanes) is 1. The second-order valence-electron chi connectivity index (χ2n) is 4.53. The Morgan fingerprint density at radius 1 is 1.30 bits per heavy atom. The number of thiazole rings is 1. The van der Waals surface area contributed by atoms with Crippen LogP contribution in [0.4, 0.5) is 10.8 Å². The molecule has 1 aromatic heterocycles. The lowest BCUT2D eigenvalue weighted by Gasteiger charge is -2.04. The summed E-state index contributed by atoms with van der Waals surface area (Å²) in [6.07, 6.45) is 2.43. The molecule has 1 heterocycles. The van der Waals surface area contributed by atoms with Gasteiger partial charge in [-0.3, -0.25) is 9.59 Å². The van der Waals surface area contributed by atoms with Crippen LogP contribution in [0.2, 0.25) is 0 Å². The van der Waals surface area contributed by atoms with Crippen molar-refractivity contribution in [3.63, 3.8) is 0 Å². The molecular formula is C14H17N3O2S. The molecule has 1 aromatic carbocycles. The number of aromatic nitrogens is 1. The van der Waals surface area contributed by atoms with Crippen molar-refractivity contribution < 1.29 is 9.59 Å². The average molecular weight is 291 g/mol. The summed E-state index contributed by atoms with van der Waals surface area (Å²) in [7, 11) is 0. The zero-order valence-electron chi connectivity index (χ0n) is 11.5. The van der Waals surface area contributed by atoms with Crippen LogP contribution in [0.5, 0.6) is 0 Å². The van der Waals surface area contributed by atoms with Crippen LogP contribution in [0, 0.1) is 0 Å². The van der Waals surface area contributed by atoms with Gasteiger partial charge in [-0.25, -0.2) is 4.98 Å². The Kier molecular flexibility index (Phi) is 4.68. The van der Waals surface area contributed by atoms with E-state index < -0.39 is 0 Å². The second-order valence-corrected chi connectivity index (χ2v) is 5.57. The van der Waals surface area contributed by atoms with Crippen LogP contribution in [0.3, 0.4) is 0 Å². The second kappa shape index (κ2) is 6.47. The van der Waals surface area contributed by atoms with Crippen LogP contribution in [0.1, 0.15) is 33.1 Å². The molecule has 0 unspecified atom stereocenters. The number of carbonyl (C=O) groups excluding carboxylic acids is 2. The van der Waals surface area contributed by atoms with Crippen molar-refractivity contribution in [3.05, 3.63) is 18.2 Å². The average Bonchev–Trinajstić information content (AvgIpc) is 2.76. The van der Waals surface area contributed by atoms with Crippen LogP contribution < -0.4 is 10.6 Å². The molecule has 2 amide bonds. The maximum atomic E-state index is 11.7. The van der Waals surface area contributed by atoms with Gasteiger partial charge in [0.1, 0.15) is 0 Å². The molecule has 6 heteroatoms. The van der Waals surface area contributed by atoms with Crippen LogP contribution in [0.25, 0.3) is 10.2 Å². The highest BCUT2D eigenvalue weighted by atomic mass is 32.1. The number of nitrogens with one attached hydrogen (secondary N) is 2. The van der Waals surface area contributed by atoms with Crippen molar-refractivity contribution in [2.45, 2.75) is 33.1 Å². The lowest BCUT2D eigenvalue weighted by molar-refractivity contribution is -0.116. The monoisotopic (exact) mass is 291 g/mol. The quantitative estimate of drug-likeness (QED) is 0.887. The third-order valence-corrected chi connectivity index (χ3v) is 3.65. The maximum Gasteiger partial charge on any atom is 0.224 e. The lowest BCUT2D eigenvalue weighted by atomic mass is 10.2. The minimum Gasteiger partial charge on any atom is -0.326 e. The van der Waals surface area contributed by atoms with Crippen LogP contribution >= 0.6 is 11.3 Å². The predicted molar refractivity (Wildman–Crippen MR) is 82.1 cm³/mol. The lowest BCUT2D eigenvalue weighted by Crippen LogP contribution is -2.10. The van der Waals surface area contributed by atoms with E-state index in [4.69, 9.17) is 0 Å². The highest BCUT2D eigenvalue weighted by Gasteiger charge is 2.07. The Hall–Kier alpha value is -1.95. The van der Waals surface area contributed by atoms with Crippen molar-refractivity contribution in [3.8, 4) is 0 Å². The van der Waals surface area contributed by atoms with Gasteiger partial charge in [-0.2, -0.15) is 0 Å². The number of anilines is 2. The van der Waals surface area contributed by atoms with E-state index in [1.54, 1.807) is 0 Å². The molecule has 2 aromatic rings. The number of amides is 2. The van der Waals surface area contributed by atoms with E-state index in [1.807, 2.05) is 18.2 Å². The van der Waals surface area contributed by atoms with Crippen LogP contribution in [-0.4, -0.2) is 16.8 Å². The van der Waals surface area contributed by atoms with E-state index in [0.717, 1.165) is 28.7 Å². The first kappa shape index (κ1) is 14.5. The van der Waals surface area contributed by atoms with Gasteiger partial charge < -0.3 is 10.6 Å². The molecule has 0 fully saturated rings. The Morgan fingerprint density at radius 2 is 2.10 bits per heavy atom. The number of nitrogens with zero attached hydrogens (tertiary/aromatic N) is 1. The number of carbonyl (C=O) groups is 2. The number of benzene rings is 1. The molecule has 0 aliphatic rings. The van der Waals surface area contributed by atoms with Crippen molar-refractivity contribution in [2.24, 2.45) is 0 Å². The van der Waals surface area contributed by atoms with Gasteiger partial charge in [0.25, 0.3) is 0 Å². The molecule has 2 rings (SSSR count). The number of hydrogen-bond acceptors (Lipinski definition) is 4. The standard InChI is InChI=1S/C14H17N3O2S/c1-3-4-5-13(19)16-10-6-7-11-12(8-10)20-14(17-11)15-9(2)18/h6-8H,3-5H2,1-2H3,(H,16,19)(H,15,17,18). The van der Waals surface area contributed by atoms with Crippen LogP contribution in [0.15, 0.2) is 18.2 Å². The Balaban J connectivity index is 2.12. The maximum absolute atomic E-state index is 11.7. The molecule has 0 atom stereocenters. The molecule has 0 aliphatic heterocycles. The van der Waals surface area contributed by atoms with Gasteiger partial charge in [0.05, 0.1) is 10.2 Å². The SMILES string of the molecule is CCCCC(=O)Nc1ccc2nc(NC(C)=O)sc2c1. The molecule has 0 saturated carbocycles. The van der Waals surface area contributed by atoms with E-state index in [1.165, 1.54) is 18.3 Å². The van der Waals surface area contributed by atoms with Crippen molar-refractivity contribution in [1.29, 1.82) is 0 Å². The molecular weight excluding hydrogens is 274 g/mol. The predicted octanol–water partition coefficient (Wildman–Crippen LogP) is 3.38. The fourth-order valence-corrected chi connectivity index (χ4v) is 2.72. The fourth-order valence-electron chi connectivity index (χ4n) is 1.77. The molecule has 106 valence electrons. The first-order valence-corrected chi connectivity index (χ1v) is 7.38. The zero-order chi connectivity index (χ0) is 14.5. The third-order valence-electron chi connectivity index (χ3n) is 2.71. The van der Waals surface area contributed by atoms with Crippen molar-refractivity contribution in [2.75, 3.05) is 10.6 Å². The van der Waals surface area contributed by atoms with Gasteiger partial charge in [0, 0.05) is 19.0 Å². The minimum atomic E-state index is -0.142. The summed E-state index contributed by atoms with van der Waals surface area (Å²) in [5.41, 5.74) is 1.57. The summed E-state index contributed by atoms with van der Waals surface area (Å²) in [6.45, 7) is 3.51. The molecule has 20 heavy (non-hydrogen) atoms. The number of rotatable bonds is 5. The molecule has 0 spiro atoms. The smallest absolute Gasteiger partial charge is 0.224 e. The summed E-state index contributed by atoms with van der Waals surface area (Å²) < 4.78 is 0.932. The summed E-state index contributed by atoms with van der Waals surface area (Å²) in [5, 5.41) is 6.11. The Morgan fingerprint density at radius 3 is 2.80 bits per heavy atom. The van der Waals surface area contributed by atoms with E-state index >= 15 is 0 Å².